The SMILES string of the molecule is C/C=C(\C=NC)CCNC(=O)CCCC(=O)N=O. The van der Waals surface area contributed by atoms with Gasteiger partial charge in [0.1, 0.15) is 0 Å². The van der Waals surface area contributed by atoms with Crippen LogP contribution in [0.3, 0.4) is 0 Å². The minimum Gasteiger partial charge on any atom is -0.356 e. The largest absolute Gasteiger partial charge is 0.356 e. The van der Waals surface area contributed by atoms with Crippen LogP contribution in [0, 0.1) is 4.91 Å². The summed E-state index contributed by atoms with van der Waals surface area (Å²) in [7, 11) is 1.69. The van der Waals surface area contributed by atoms with Crippen LogP contribution in [0.15, 0.2) is 21.8 Å². The fourth-order valence-corrected chi connectivity index (χ4v) is 1.33. The third kappa shape index (κ3) is 8.32. The molecule has 6 heteroatoms. The van der Waals surface area contributed by atoms with Crippen LogP contribution in [0.25, 0.3) is 0 Å². The van der Waals surface area contributed by atoms with Gasteiger partial charge in [0.05, 0.1) is 0 Å². The molecule has 0 aromatic heterocycles. The number of carbonyl (C=O) groups is 2. The predicted octanol–water partition coefficient (Wildman–Crippen LogP) is 1.60. The highest BCUT2D eigenvalue weighted by atomic mass is 16.3. The molecule has 0 spiro atoms. The minimum atomic E-state index is -0.710. The van der Waals surface area contributed by atoms with Crippen LogP contribution in [-0.2, 0) is 9.59 Å². The second-order valence-corrected chi connectivity index (χ2v) is 3.69. The first kappa shape index (κ1) is 16.1. The molecule has 0 aliphatic carbocycles. The Labute approximate surface area is 107 Å². The van der Waals surface area contributed by atoms with E-state index in [1.807, 2.05) is 13.0 Å². The van der Waals surface area contributed by atoms with Gasteiger partial charge in [-0.15, -0.1) is 4.91 Å². The molecule has 0 rings (SSSR count). The van der Waals surface area contributed by atoms with Crippen LogP contribution in [-0.4, -0.2) is 31.6 Å². The number of allylic oxidation sites excluding steroid dienone is 1. The fraction of sp³-hybridized carbons (Fsp3) is 0.583. The lowest BCUT2D eigenvalue weighted by molar-refractivity contribution is -0.121. The van der Waals surface area contributed by atoms with Crippen LogP contribution >= 0.6 is 0 Å². The highest BCUT2D eigenvalue weighted by Crippen LogP contribution is 1.99. The van der Waals surface area contributed by atoms with Crippen LogP contribution in [0.5, 0.6) is 0 Å². The van der Waals surface area contributed by atoms with Crippen molar-refractivity contribution in [2.24, 2.45) is 10.2 Å². The standard InChI is InChI=1S/C12H19N3O3/c1-3-10(9-13-2)7-8-14-11(16)5-4-6-12(17)15-18/h3,9H,4-8H2,1-2H3,(H,14,16)/b10-3-,13-9?. The number of nitrogens with zero attached hydrogens (tertiary/aromatic N) is 2. The molecule has 0 aliphatic rings. The second kappa shape index (κ2) is 10.3. The number of hydrogen-bond acceptors (Lipinski definition) is 4. The quantitative estimate of drug-likeness (QED) is 0.526. The third-order valence-electron chi connectivity index (χ3n) is 2.30. The van der Waals surface area contributed by atoms with Crippen molar-refractivity contribution >= 4 is 18.0 Å². The van der Waals surface area contributed by atoms with Crippen molar-refractivity contribution < 1.29 is 9.59 Å². The molecule has 0 radical (unpaired) electrons. The van der Waals surface area contributed by atoms with Crippen molar-refractivity contribution in [2.75, 3.05) is 13.6 Å². The molecule has 0 aromatic rings. The number of carbonyl (C=O) groups excluding carboxylic acids is 2. The van der Waals surface area contributed by atoms with Crippen molar-refractivity contribution in [3.05, 3.63) is 16.6 Å². The predicted molar refractivity (Wildman–Crippen MR) is 70.5 cm³/mol. The van der Waals surface area contributed by atoms with E-state index in [1.165, 1.54) is 0 Å². The van der Waals surface area contributed by atoms with Gasteiger partial charge >= 0.3 is 0 Å². The number of hydrogen-bond donors (Lipinski definition) is 1. The van der Waals surface area contributed by atoms with E-state index in [-0.39, 0.29) is 18.7 Å². The summed E-state index contributed by atoms with van der Waals surface area (Å²) in [5.41, 5.74) is 1.05. The van der Waals surface area contributed by atoms with Crippen LogP contribution in [0.1, 0.15) is 32.6 Å². The summed E-state index contributed by atoms with van der Waals surface area (Å²) in [6.07, 6.45) is 5.01. The van der Waals surface area contributed by atoms with E-state index < -0.39 is 5.91 Å². The zero-order valence-electron chi connectivity index (χ0n) is 10.8. The lowest BCUT2D eigenvalue weighted by atomic mass is 10.2. The summed E-state index contributed by atoms with van der Waals surface area (Å²) in [5, 5.41) is 5.00. The topological polar surface area (TPSA) is 88.0 Å². The number of nitrogens with one attached hydrogen (secondary N) is 1. The van der Waals surface area contributed by atoms with E-state index in [0.717, 1.165) is 5.57 Å². The first-order valence-corrected chi connectivity index (χ1v) is 5.84. The van der Waals surface area contributed by atoms with Crippen molar-refractivity contribution in [1.29, 1.82) is 0 Å². The Morgan fingerprint density at radius 1 is 1.22 bits per heavy atom. The van der Waals surface area contributed by atoms with Crippen molar-refractivity contribution in [3.63, 3.8) is 0 Å². The molecule has 100 valence electrons. The molecule has 0 saturated heterocycles. The zero-order valence-corrected chi connectivity index (χ0v) is 10.8. The summed E-state index contributed by atoms with van der Waals surface area (Å²) in [6, 6.07) is 0. The van der Waals surface area contributed by atoms with E-state index in [1.54, 1.807) is 13.3 Å². The summed E-state index contributed by atoms with van der Waals surface area (Å²) < 4.78 is 0. The van der Waals surface area contributed by atoms with Gasteiger partial charge in [0.2, 0.25) is 5.91 Å². The average molecular weight is 253 g/mol. The highest BCUT2D eigenvalue weighted by molar-refractivity contribution is 5.80. The first-order valence-electron chi connectivity index (χ1n) is 5.84. The lowest BCUT2D eigenvalue weighted by Gasteiger charge is -2.04. The van der Waals surface area contributed by atoms with Gasteiger partial charge in [0.15, 0.2) is 0 Å². The number of aliphatic imine (C=N–C) groups is 1. The van der Waals surface area contributed by atoms with Crippen LogP contribution < -0.4 is 5.32 Å². The van der Waals surface area contributed by atoms with Gasteiger partial charge in [-0.3, -0.25) is 14.6 Å². The summed E-state index contributed by atoms with van der Waals surface area (Å²) in [6.45, 7) is 2.45. The molecule has 0 saturated carbocycles. The minimum absolute atomic E-state index is 0.0273. The molecule has 0 atom stereocenters. The van der Waals surface area contributed by atoms with Gasteiger partial charge < -0.3 is 5.32 Å². The summed E-state index contributed by atoms with van der Waals surface area (Å²) in [4.78, 5) is 35.6. The normalized spacial score (nSPS) is 11.6. The van der Waals surface area contributed by atoms with E-state index >= 15 is 0 Å². The number of nitroso groups, excluding NO2 is 1. The molecular weight excluding hydrogens is 234 g/mol. The van der Waals surface area contributed by atoms with E-state index in [0.29, 0.717) is 19.4 Å². The Morgan fingerprint density at radius 2 is 1.94 bits per heavy atom. The Balaban J connectivity index is 3.71. The molecule has 0 unspecified atom stereocenters. The van der Waals surface area contributed by atoms with Crippen molar-refractivity contribution in [1.82, 2.24) is 5.32 Å². The van der Waals surface area contributed by atoms with Crippen molar-refractivity contribution in [3.8, 4) is 0 Å². The van der Waals surface area contributed by atoms with E-state index in [2.05, 4.69) is 15.5 Å². The fourth-order valence-electron chi connectivity index (χ4n) is 1.33. The van der Waals surface area contributed by atoms with Crippen molar-refractivity contribution in [2.45, 2.75) is 32.6 Å². The smallest absolute Gasteiger partial charge is 0.286 e. The number of amides is 2. The van der Waals surface area contributed by atoms with Gasteiger partial charge in [-0.2, -0.15) is 0 Å². The van der Waals surface area contributed by atoms with Crippen LogP contribution in [0.4, 0.5) is 0 Å². The summed E-state index contributed by atoms with van der Waals surface area (Å²) >= 11 is 0. The first-order chi connectivity index (χ1) is 8.63. The maximum absolute atomic E-state index is 11.4. The Morgan fingerprint density at radius 3 is 2.50 bits per heavy atom. The molecule has 0 aliphatic heterocycles. The van der Waals surface area contributed by atoms with Crippen LogP contribution in [0.2, 0.25) is 0 Å². The number of rotatable bonds is 8. The molecule has 0 heterocycles. The van der Waals surface area contributed by atoms with Gasteiger partial charge in [-0.25, -0.2) is 0 Å². The zero-order chi connectivity index (χ0) is 13.8. The second-order valence-electron chi connectivity index (χ2n) is 3.69. The molecule has 18 heavy (non-hydrogen) atoms. The maximum atomic E-state index is 11.4. The Hall–Kier alpha value is -1.85. The lowest BCUT2D eigenvalue weighted by Crippen LogP contribution is -2.24. The molecule has 0 fully saturated rings. The molecule has 2 amide bonds. The van der Waals surface area contributed by atoms with E-state index in [4.69, 9.17) is 0 Å². The van der Waals surface area contributed by atoms with Gasteiger partial charge in [-0.05, 0) is 25.3 Å². The summed E-state index contributed by atoms with van der Waals surface area (Å²) in [5.74, 6) is -0.837. The van der Waals surface area contributed by atoms with Gasteiger partial charge in [0, 0.05) is 37.8 Å². The molecule has 6 nitrogen and oxygen atoms in total. The molecule has 1 N–H and O–H groups in total. The monoisotopic (exact) mass is 253 g/mol. The Bertz CT molecular complexity index is 348. The molecule has 0 aromatic carbocycles. The van der Waals surface area contributed by atoms with Gasteiger partial charge in [-0.1, -0.05) is 6.08 Å². The Kier molecular flexibility index (Phi) is 9.25. The third-order valence-corrected chi connectivity index (χ3v) is 2.30. The average Bonchev–Trinajstić information content (AvgIpc) is 2.37. The van der Waals surface area contributed by atoms with Gasteiger partial charge in [0.25, 0.3) is 5.91 Å². The van der Waals surface area contributed by atoms with E-state index in [9.17, 15) is 14.5 Å². The maximum Gasteiger partial charge on any atom is 0.286 e. The molecular formula is C12H19N3O3. The highest BCUT2D eigenvalue weighted by Gasteiger charge is 2.04. The molecule has 0 bridgehead atoms.